The fourth-order valence-corrected chi connectivity index (χ4v) is 2.17. The normalized spacial score (nSPS) is 11.4. The number of esters is 1. The number of benzene rings is 2. The van der Waals surface area contributed by atoms with Crippen LogP contribution in [0.3, 0.4) is 0 Å². The van der Waals surface area contributed by atoms with Crippen LogP contribution in [0.5, 0.6) is 5.75 Å². The molecule has 0 aliphatic heterocycles. The topological polar surface area (TPSA) is 47.6 Å². The largest absolute Gasteiger partial charge is 0.488 e. The molecule has 0 aromatic heterocycles. The summed E-state index contributed by atoms with van der Waals surface area (Å²) in [5, 5.41) is 3.27. The number of ether oxygens (including phenoxy) is 2. The van der Waals surface area contributed by atoms with E-state index in [1.807, 2.05) is 48.7 Å². The van der Waals surface area contributed by atoms with Crippen molar-refractivity contribution < 1.29 is 14.3 Å². The summed E-state index contributed by atoms with van der Waals surface area (Å²) < 4.78 is 10.7. The summed E-state index contributed by atoms with van der Waals surface area (Å²) in [4.78, 5) is 12.1. The summed E-state index contributed by atoms with van der Waals surface area (Å²) in [5.41, 5.74) is 2.33. The van der Waals surface area contributed by atoms with E-state index in [-0.39, 0.29) is 5.54 Å². The van der Waals surface area contributed by atoms with E-state index < -0.39 is 5.97 Å². The molecule has 0 spiro atoms. The zero-order valence-electron chi connectivity index (χ0n) is 15.2. The van der Waals surface area contributed by atoms with Gasteiger partial charge in [-0.05, 0) is 56.3 Å². The molecule has 2 rings (SSSR count). The molecule has 0 saturated carbocycles. The van der Waals surface area contributed by atoms with Gasteiger partial charge in [-0.2, -0.15) is 0 Å². The van der Waals surface area contributed by atoms with E-state index in [2.05, 4.69) is 26.1 Å². The minimum absolute atomic E-state index is 0.0135. The molecule has 0 atom stereocenters. The van der Waals surface area contributed by atoms with Crippen LogP contribution in [0, 0.1) is 0 Å². The third-order valence-corrected chi connectivity index (χ3v) is 3.44. The fraction of sp³-hybridized carbons (Fsp3) is 0.286. The Morgan fingerprint density at radius 3 is 2.48 bits per heavy atom. The van der Waals surface area contributed by atoms with E-state index in [1.165, 1.54) is 7.11 Å². The lowest BCUT2D eigenvalue weighted by molar-refractivity contribution is 0.0595. The van der Waals surface area contributed by atoms with E-state index in [1.54, 1.807) is 12.1 Å². The van der Waals surface area contributed by atoms with Crippen LogP contribution in [0.4, 0.5) is 0 Å². The Bertz CT molecular complexity index is 731. The van der Waals surface area contributed by atoms with Gasteiger partial charge >= 0.3 is 5.97 Å². The molecule has 1 N–H and O–H groups in total. The minimum Gasteiger partial charge on any atom is -0.488 e. The Hall–Kier alpha value is -2.75. The molecule has 0 aliphatic carbocycles. The maximum absolute atomic E-state index is 12.1. The summed E-state index contributed by atoms with van der Waals surface area (Å²) in [6, 6.07) is 15.3. The van der Waals surface area contributed by atoms with Crippen LogP contribution in [0.2, 0.25) is 0 Å². The second-order valence-electron chi connectivity index (χ2n) is 6.75. The first-order chi connectivity index (χ1) is 11.9. The number of rotatable bonds is 6. The lowest BCUT2D eigenvalue weighted by atomic mass is 10.1. The fourth-order valence-electron chi connectivity index (χ4n) is 2.17. The van der Waals surface area contributed by atoms with Crippen molar-refractivity contribution >= 4 is 12.0 Å². The molecule has 0 amide bonds. The van der Waals surface area contributed by atoms with Gasteiger partial charge in [0, 0.05) is 5.54 Å². The molecular formula is C21H25NO3. The summed E-state index contributed by atoms with van der Waals surface area (Å²) in [6.07, 6.45) is 3.79. The first kappa shape index (κ1) is 18.6. The molecule has 4 heteroatoms. The van der Waals surface area contributed by atoms with Crippen molar-refractivity contribution in [1.29, 1.82) is 0 Å². The average molecular weight is 339 g/mol. The van der Waals surface area contributed by atoms with E-state index >= 15 is 0 Å². The molecule has 0 bridgehead atoms. The molecule has 0 heterocycles. The SMILES string of the molecule is COC(=O)c1cc(/C=C/NC(C)(C)C)ccc1OCc1ccccc1. The average Bonchev–Trinajstić information content (AvgIpc) is 2.59. The van der Waals surface area contributed by atoms with Crippen LogP contribution >= 0.6 is 0 Å². The van der Waals surface area contributed by atoms with Crippen molar-refractivity contribution in [2.24, 2.45) is 0 Å². The van der Waals surface area contributed by atoms with Gasteiger partial charge in [-0.1, -0.05) is 36.4 Å². The third-order valence-electron chi connectivity index (χ3n) is 3.44. The molecule has 0 unspecified atom stereocenters. The highest BCUT2D eigenvalue weighted by molar-refractivity contribution is 5.93. The molecule has 25 heavy (non-hydrogen) atoms. The smallest absolute Gasteiger partial charge is 0.341 e. The Labute approximate surface area is 149 Å². The van der Waals surface area contributed by atoms with Crippen molar-refractivity contribution in [2.75, 3.05) is 7.11 Å². The second-order valence-corrected chi connectivity index (χ2v) is 6.75. The van der Waals surface area contributed by atoms with Crippen molar-refractivity contribution in [3.05, 3.63) is 71.4 Å². The zero-order chi connectivity index (χ0) is 18.3. The van der Waals surface area contributed by atoms with E-state index in [0.717, 1.165) is 11.1 Å². The summed E-state index contributed by atoms with van der Waals surface area (Å²) in [7, 11) is 1.37. The molecule has 0 fully saturated rings. The number of hydrogen-bond donors (Lipinski definition) is 1. The van der Waals surface area contributed by atoms with Gasteiger partial charge < -0.3 is 14.8 Å². The Morgan fingerprint density at radius 2 is 1.84 bits per heavy atom. The van der Waals surface area contributed by atoms with E-state index in [4.69, 9.17) is 9.47 Å². The van der Waals surface area contributed by atoms with Crippen molar-refractivity contribution in [3.63, 3.8) is 0 Å². The van der Waals surface area contributed by atoms with Gasteiger partial charge in [-0.3, -0.25) is 0 Å². The van der Waals surface area contributed by atoms with Crippen molar-refractivity contribution in [1.82, 2.24) is 5.32 Å². The standard InChI is InChI=1S/C21H25NO3/c1-21(2,3)22-13-12-16-10-11-19(18(14-16)20(23)24-4)25-15-17-8-6-5-7-9-17/h5-14,22H,15H2,1-4H3/b13-12+. The quantitative estimate of drug-likeness (QED) is 0.792. The van der Waals surface area contributed by atoms with Gasteiger partial charge in [0.25, 0.3) is 0 Å². The van der Waals surface area contributed by atoms with Crippen LogP contribution in [0.25, 0.3) is 6.08 Å². The number of carbonyl (C=O) groups is 1. The van der Waals surface area contributed by atoms with Crippen molar-refractivity contribution in [2.45, 2.75) is 32.9 Å². The van der Waals surface area contributed by atoms with Gasteiger partial charge in [0.05, 0.1) is 7.11 Å². The Morgan fingerprint density at radius 1 is 1.12 bits per heavy atom. The predicted octanol–water partition coefficient (Wildman–Crippen LogP) is 4.41. The van der Waals surface area contributed by atoms with Crippen LogP contribution in [0.1, 0.15) is 42.3 Å². The molecule has 2 aromatic carbocycles. The third kappa shape index (κ3) is 5.99. The maximum atomic E-state index is 12.1. The number of hydrogen-bond acceptors (Lipinski definition) is 4. The first-order valence-corrected chi connectivity index (χ1v) is 8.22. The minimum atomic E-state index is -0.415. The summed E-state index contributed by atoms with van der Waals surface area (Å²) in [6.45, 7) is 6.64. The molecule has 0 radical (unpaired) electrons. The lowest BCUT2D eigenvalue weighted by Gasteiger charge is -2.18. The van der Waals surface area contributed by atoms with E-state index in [0.29, 0.717) is 17.9 Å². The van der Waals surface area contributed by atoms with Gasteiger partial charge in [0.15, 0.2) is 0 Å². The van der Waals surface area contributed by atoms with Gasteiger partial charge in [0.1, 0.15) is 17.9 Å². The van der Waals surface area contributed by atoms with Crippen LogP contribution in [-0.4, -0.2) is 18.6 Å². The van der Waals surface area contributed by atoms with Gasteiger partial charge in [-0.15, -0.1) is 0 Å². The molecule has 2 aromatic rings. The summed E-state index contributed by atoms with van der Waals surface area (Å²) >= 11 is 0. The lowest BCUT2D eigenvalue weighted by Crippen LogP contribution is -2.30. The number of nitrogens with one attached hydrogen (secondary N) is 1. The molecule has 0 aliphatic rings. The monoisotopic (exact) mass is 339 g/mol. The van der Waals surface area contributed by atoms with Crippen LogP contribution in [0.15, 0.2) is 54.7 Å². The molecule has 4 nitrogen and oxygen atoms in total. The molecular weight excluding hydrogens is 314 g/mol. The first-order valence-electron chi connectivity index (χ1n) is 8.22. The van der Waals surface area contributed by atoms with Crippen LogP contribution < -0.4 is 10.1 Å². The summed E-state index contributed by atoms with van der Waals surface area (Å²) in [5.74, 6) is 0.0960. The van der Waals surface area contributed by atoms with Crippen LogP contribution in [-0.2, 0) is 11.3 Å². The molecule has 0 saturated heterocycles. The van der Waals surface area contributed by atoms with Gasteiger partial charge in [0.2, 0.25) is 0 Å². The number of carbonyl (C=O) groups excluding carboxylic acids is 1. The van der Waals surface area contributed by atoms with Gasteiger partial charge in [-0.25, -0.2) is 4.79 Å². The molecule has 132 valence electrons. The highest BCUT2D eigenvalue weighted by Gasteiger charge is 2.14. The number of methoxy groups -OCH3 is 1. The Kier molecular flexibility index (Phi) is 6.23. The highest BCUT2D eigenvalue weighted by Crippen LogP contribution is 2.23. The zero-order valence-corrected chi connectivity index (χ0v) is 15.2. The van der Waals surface area contributed by atoms with Crippen molar-refractivity contribution in [3.8, 4) is 5.75 Å². The Balaban J connectivity index is 2.17. The highest BCUT2D eigenvalue weighted by atomic mass is 16.5. The second kappa shape index (κ2) is 8.38. The predicted molar refractivity (Wildman–Crippen MR) is 100 cm³/mol. The van der Waals surface area contributed by atoms with E-state index in [9.17, 15) is 4.79 Å². The maximum Gasteiger partial charge on any atom is 0.341 e.